The highest BCUT2D eigenvalue weighted by Crippen LogP contribution is 2.10. The molecule has 0 aliphatic rings. The number of rotatable bonds is 2. The fourth-order valence-corrected chi connectivity index (χ4v) is 1.64. The van der Waals surface area contributed by atoms with Crippen molar-refractivity contribution in [3.63, 3.8) is 0 Å². The van der Waals surface area contributed by atoms with Crippen LogP contribution < -0.4 is 0 Å². The molecule has 1 nitrogen and oxygen atoms in total. The normalized spacial score (nSPS) is 10.3. The SMILES string of the molecule is CC(=O)c1ccc([S+](C)C)cc1. The highest BCUT2D eigenvalue weighted by atomic mass is 32.2. The summed E-state index contributed by atoms with van der Waals surface area (Å²) in [5.41, 5.74) is 0.796. The molecule has 0 unspecified atom stereocenters. The molecule has 1 aromatic carbocycles. The molecule has 0 heterocycles. The quantitative estimate of drug-likeness (QED) is 0.504. The fourth-order valence-electron chi connectivity index (χ4n) is 0.962. The molecule has 0 saturated heterocycles. The third kappa shape index (κ3) is 2.11. The molecule has 64 valence electrons. The monoisotopic (exact) mass is 181 g/mol. The van der Waals surface area contributed by atoms with Gasteiger partial charge in [-0.25, -0.2) is 0 Å². The molecule has 12 heavy (non-hydrogen) atoms. The van der Waals surface area contributed by atoms with E-state index in [4.69, 9.17) is 0 Å². The van der Waals surface area contributed by atoms with Gasteiger partial charge >= 0.3 is 0 Å². The van der Waals surface area contributed by atoms with Gasteiger partial charge in [0.2, 0.25) is 0 Å². The first kappa shape index (κ1) is 9.33. The van der Waals surface area contributed by atoms with Crippen LogP contribution in [-0.2, 0) is 10.9 Å². The van der Waals surface area contributed by atoms with Crippen molar-refractivity contribution in [1.29, 1.82) is 0 Å². The van der Waals surface area contributed by atoms with Crippen LogP contribution in [0.5, 0.6) is 0 Å². The highest BCUT2D eigenvalue weighted by molar-refractivity contribution is 7.95. The van der Waals surface area contributed by atoms with Crippen LogP contribution >= 0.6 is 0 Å². The number of ketones is 1. The van der Waals surface area contributed by atoms with Gasteiger partial charge in [-0.3, -0.25) is 4.79 Å². The van der Waals surface area contributed by atoms with Gasteiger partial charge in [-0.2, -0.15) is 0 Å². The van der Waals surface area contributed by atoms with Crippen LogP contribution in [0.4, 0.5) is 0 Å². The topological polar surface area (TPSA) is 17.1 Å². The third-order valence-electron chi connectivity index (χ3n) is 1.73. The van der Waals surface area contributed by atoms with E-state index in [1.54, 1.807) is 6.92 Å². The van der Waals surface area contributed by atoms with Crippen molar-refractivity contribution in [1.82, 2.24) is 0 Å². The predicted octanol–water partition coefficient (Wildman–Crippen LogP) is 2.13. The van der Waals surface area contributed by atoms with E-state index in [-0.39, 0.29) is 16.7 Å². The van der Waals surface area contributed by atoms with Crippen LogP contribution in [0.25, 0.3) is 0 Å². The lowest BCUT2D eigenvalue weighted by atomic mass is 10.2. The van der Waals surface area contributed by atoms with Crippen LogP contribution in [0.15, 0.2) is 29.2 Å². The summed E-state index contributed by atoms with van der Waals surface area (Å²) in [5, 5.41) is 0. The Hall–Kier alpha value is -0.760. The molecule has 1 rings (SSSR count). The highest BCUT2D eigenvalue weighted by Gasteiger charge is 2.07. The Kier molecular flexibility index (Phi) is 2.93. The van der Waals surface area contributed by atoms with Crippen LogP contribution in [0, 0.1) is 0 Å². The standard InChI is InChI=1S/C10H13OS/c1-8(11)9-4-6-10(7-5-9)12(2)3/h4-7H,1-3H3/q+1. The number of Topliss-reactive ketones (excluding diaryl/α,β-unsaturated/α-hetero) is 1. The van der Waals surface area contributed by atoms with Gasteiger partial charge in [-0.1, -0.05) is 0 Å². The molecule has 0 fully saturated rings. The van der Waals surface area contributed by atoms with Crippen molar-refractivity contribution < 1.29 is 4.79 Å². The molecule has 0 N–H and O–H groups in total. The van der Waals surface area contributed by atoms with E-state index >= 15 is 0 Å². The van der Waals surface area contributed by atoms with Gasteiger partial charge in [0.05, 0.1) is 0 Å². The van der Waals surface area contributed by atoms with Crippen molar-refractivity contribution in [3.05, 3.63) is 29.8 Å². The van der Waals surface area contributed by atoms with Crippen molar-refractivity contribution in [2.45, 2.75) is 11.8 Å². The minimum Gasteiger partial charge on any atom is -0.295 e. The van der Waals surface area contributed by atoms with E-state index in [0.29, 0.717) is 0 Å². The summed E-state index contributed by atoms with van der Waals surface area (Å²) in [5.74, 6) is 0.133. The summed E-state index contributed by atoms with van der Waals surface area (Å²) in [6.45, 7) is 1.59. The number of hydrogen-bond donors (Lipinski definition) is 0. The zero-order valence-corrected chi connectivity index (χ0v) is 8.44. The molecule has 0 amide bonds. The molecule has 0 saturated carbocycles. The van der Waals surface area contributed by atoms with E-state index < -0.39 is 0 Å². The minimum atomic E-state index is 0.133. The molecule has 0 aliphatic heterocycles. The third-order valence-corrected chi connectivity index (χ3v) is 2.95. The fraction of sp³-hybridized carbons (Fsp3) is 0.300. The number of hydrogen-bond acceptors (Lipinski definition) is 1. The average molecular weight is 181 g/mol. The molecule has 0 spiro atoms. The van der Waals surface area contributed by atoms with E-state index in [2.05, 4.69) is 12.5 Å². The van der Waals surface area contributed by atoms with Gasteiger partial charge in [0.25, 0.3) is 0 Å². The van der Waals surface area contributed by atoms with Gasteiger partial charge in [-0.05, 0) is 31.2 Å². The second-order valence-electron chi connectivity index (χ2n) is 2.90. The van der Waals surface area contributed by atoms with E-state index in [1.807, 2.05) is 24.3 Å². The summed E-state index contributed by atoms with van der Waals surface area (Å²) >= 11 is 0. The smallest absolute Gasteiger partial charge is 0.159 e. The van der Waals surface area contributed by atoms with Crippen molar-refractivity contribution in [3.8, 4) is 0 Å². The van der Waals surface area contributed by atoms with Crippen molar-refractivity contribution in [2.75, 3.05) is 12.5 Å². The summed E-state index contributed by atoms with van der Waals surface area (Å²) in [4.78, 5) is 12.2. The largest absolute Gasteiger partial charge is 0.295 e. The Labute approximate surface area is 76.1 Å². The maximum Gasteiger partial charge on any atom is 0.159 e. The van der Waals surface area contributed by atoms with Crippen LogP contribution in [0.3, 0.4) is 0 Å². The Morgan fingerprint density at radius 2 is 1.67 bits per heavy atom. The Morgan fingerprint density at radius 1 is 1.17 bits per heavy atom. The molecule has 0 radical (unpaired) electrons. The van der Waals surface area contributed by atoms with Gasteiger partial charge in [-0.15, -0.1) is 0 Å². The maximum atomic E-state index is 10.9. The molecule has 0 aliphatic carbocycles. The Balaban J connectivity index is 2.93. The second-order valence-corrected chi connectivity index (χ2v) is 5.00. The first-order valence-corrected chi connectivity index (χ1v) is 5.84. The van der Waals surface area contributed by atoms with Gasteiger partial charge < -0.3 is 0 Å². The molecular formula is C10H13OS+. The van der Waals surface area contributed by atoms with Crippen LogP contribution in [-0.4, -0.2) is 18.3 Å². The minimum absolute atomic E-state index is 0.133. The first-order valence-electron chi connectivity index (χ1n) is 3.80. The molecule has 1 aromatic rings. The predicted molar refractivity (Wildman–Crippen MR) is 53.9 cm³/mol. The van der Waals surface area contributed by atoms with Gasteiger partial charge in [0.15, 0.2) is 10.7 Å². The summed E-state index contributed by atoms with van der Waals surface area (Å²) in [6, 6.07) is 7.84. The molecular weight excluding hydrogens is 168 g/mol. The van der Waals surface area contributed by atoms with Crippen molar-refractivity contribution >= 4 is 16.7 Å². The van der Waals surface area contributed by atoms with E-state index in [1.165, 1.54) is 4.90 Å². The lowest BCUT2D eigenvalue weighted by molar-refractivity contribution is 0.101. The number of carbonyl (C=O) groups is 1. The lowest BCUT2D eigenvalue weighted by Gasteiger charge is -1.97. The van der Waals surface area contributed by atoms with Gasteiger partial charge in [0, 0.05) is 16.5 Å². The molecule has 0 atom stereocenters. The maximum absolute atomic E-state index is 10.9. The lowest BCUT2D eigenvalue weighted by Crippen LogP contribution is -1.97. The average Bonchev–Trinajstić information content (AvgIpc) is 2.04. The Morgan fingerprint density at radius 3 is 2.00 bits per heavy atom. The Bertz CT molecular complexity index is 274. The zero-order valence-electron chi connectivity index (χ0n) is 7.63. The summed E-state index contributed by atoms with van der Waals surface area (Å²) in [6.07, 6.45) is 4.34. The van der Waals surface area contributed by atoms with E-state index in [0.717, 1.165) is 5.56 Å². The summed E-state index contributed by atoms with van der Waals surface area (Å²) in [7, 11) is 0.288. The van der Waals surface area contributed by atoms with Crippen LogP contribution in [0.2, 0.25) is 0 Å². The first-order chi connectivity index (χ1) is 5.61. The number of carbonyl (C=O) groups excluding carboxylic acids is 1. The zero-order chi connectivity index (χ0) is 9.14. The second kappa shape index (κ2) is 3.76. The molecule has 0 bridgehead atoms. The van der Waals surface area contributed by atoms with E-state index in [9.17, 15) is 4.79 Å². The number of benzene rings is 1. The van der Waals surface area contributed by atoms with Crippen LogP contribution in [0.1, 0.15) is 17.3 Å². The van der Waals surface area contributed by atoms with Gasteiger partial charge in [0.1, 0.15) is 12.5 Å². The molecule has 0 aromatic heterocycles. The van der Waals surface area contributed by atoms with Crippen molar-refractivity contribution in [2.24, 2.45) is 0 Å². The summed E-state index contributed by atoms with van der Waals surface area (Å²) < 4.78 is 0. The molecule has 2 heteroatoms.